The molecule has 0 radical (unpaired) electrons. The van der Waals surface area contributed by atoms with E-state index in [1.807, 2.05) is 78.9 Å². The standard InChI is InChI=1S/C37H36N6O5/c1-45-32-22-27-30(23-33(32)47-19-7-16-43-17-20-46-21-18-43)39-15-14-31(27)48-26-12-13-34(40-24-26)37(25-8-3-2-4-9-25)28-10-5-6-11-29(28)41-36(42-37)35(38)44/h2-6,8-15,22-24H,7,16-21H2,1H3,(H2,38,44)(H,41,42). The van der Waals surface area contributed by atoms with Gasteiger partial charge in [0.05, 0.1) is 44.3 Å². The molecule has 1 fully saturated rings. The number of aromatic nitrogens is 2. The highest BCUT2D eigenvalue weighted by atomic mass is 16.5. The molecular weight excluding hydrogens is 608 g/mol. The number of morpholine rings is 1. The number of ether oxygens (including phenoxy) is 4. The van der Waals surface area contributed by atoms with Crippen LogP contribution >= 0.6 is 0 Å². The van der Waals surface area contributed by atoms with E-state index < -0.39 is 11.4 Å². The lowest BCUT2D eigenvalue weighted by molar-refractivity contribution is -0.112. The predicted octanol–water partition coefficient (Wildman–Crippen LogP) is 5.13. The molecule has 48 heavy (non-hydrogen) atoms. The fraction of sp³-hybridized carbons (Fsp3) is 0.243. The van der Waals surface area contributed by atoms with Gasteiger partial charge in [-0.3, -0.25) is 19.7 Å². The van der Waals surface area contributed by atoms with Gasteiger partial charge in [-0.1, -0.05) is 48.5 Å². The van der Waals surface area contributed by atoms with Crippen molar-refractivity contribution in [2.75, 3.05) is 51.9 Å². The Morgan fingerprint density at radius 2 is 1.77 bits per heavy atom. The number of amidine groups is 1. The zero-order valence-electron chi connectivity index (χ0n) is 26.6. The van der Waals surface area contributed by atoms with Crippen LogP contribution in [0.3, 0.4) is 0 Å². The predicted molar refractivity (Wildman–Crippen MR) is 183 cm³/mol. The largest absolute Gasteiger partial charge is 0.493 e. The minimum atomic E-state index is -1.12. The van der Waals surface area contributed by atoms with Gasteiger partial charge in [0.2, 0.25) is 0 Å². The molecule has 244 valence electrons. The summed E-state index contributed by atoms with van der Waals surface area (Å²) in [7, 11) is 1.62. The number of methoxy groups -OCH3 is 1. The molecule has 1 unspecified atom stereocenters. The van der Waals surface area contributed by atoms with Gasteiger partial charge in [-0.15, -0.1) is 0 Å². The number of hydrogen-bond acceptors (Lipinski definition) is 10. The summed E-state index contributed by atoms with van der Waals surface area (Å²) in [5, 5.41) is 3.85. The van der Waals surface area contributed by atoms with E-state index in [-0.39, 0.29) is 5.84 Å². The van der Waals surface area contributed by atoms with Crippen LogP contribution in [0.1, 0.15) is 23.2 Å². The number of amides is 1. The number of rotatable bonds is 11. The lowest BCUT2D eigenvalue weighted by atomic mass is 9.78. The third-order valence-electron chi connectivity index (χ3n) is 8.58. The molecule has 2 aliphatic heterocycles. The van der Waals surface area contributed by atoms with E-state index in [1.165, 1.54) is 0 Å². The normalized spacial score (nSPS) is 17.6. The third kappa shape index (κ3) is 6.13. The Hall–Kier alpha value is -5.52. The number of anilines is 1. The van der Waals surface area contributed by atoms with Gasteiger partial charge >= 0.3 is 0 Å². The summed E-state index contributed by atoms with van der Waals surface area (Å²) in [4.78, 5) is 29.2. The van der Waals surface area contributed by atoms with E-state index in [0.29, 0.717) is 40.8 Å². The first-order chi connectivity index (χ1) is 23.5. The van der Waals surface area contributed by atoms with Crippen LogP contribution in [0.2, 0.25) is 0 Å². The van der Waals surface area contributed by atoms with Crippen LogP contribution in [-0.4, -0.2) is 73.2 Å². The first kappa shape index (κ1) is 31.1. The molecule has 0 aliphatic carbocycles. The Labute approximate surface area is 278 Å². The highest BCUT2D eigenvalue weighted by Gasteiger charge is 2.43. The van der Waals surface area contributed by atoms with E-state index in [1.54, 1.807) is 25.6 Å². The second kappa shape index (κ2) is 13.7. The maximum atomic E-state index is 12.4. The van der Waals surface area contributed by atoms with Crippen molar-refractivity contribution in [3.8, 4) is 23.0 Å². The van der Waals surface area contributed by atoms with Crippen molar-refractivity contribution in [1.82, 2.24) is 14.9 Å². The molecule has 7 rings (SSSR count). The minimum absolute atomic E-state index is 0.0531. The molecule has 0 bridgehead atoms. The number of carbonyl (C=O) groups is 1. The number of benzene rings is 3. The summed E-state index contributed by atoms with van der Waals surface area (Å²) in [5.41, 5.74) is 8.34. The quantitative estimate of drug-likeness (QED) is 0.188. The number of primary amides is 1. The molecule has 2 aromatic heterocycles. The molecule has 1 atom stereocenters. The van der Waals surface area contributed by atoms with Gasteiger partial charge in [0, 0.05) is 48.5 Å². The maximum absolute atomic E-state index is 12.4. The Kier molecular flexibility index (Phi) is 8.87. The molecule has 11 heteroatoms. The second-order valence-corrected chi connectivity index (χ2v) is 11.5. The van der Waals surface area contributed by atoms with Crippen molar-refractivity contribution in [2.24, 2.45) is 10.7 Å². The van der Waals surface area contributed by atoms with Crippen LogP contribution in [0.25, 0.3) is 10.9 Å². The Bertz CT molecular complexity index is 1950. The van der Waals surface area contributed by atoms with Crippen molar-refractivity contribution < 1.29 is 23.7 Å². The average Bonchev–Trinajstić information content (AvgIpc) is 3.14. The third-order valence-corrected chi connectivity index (χ3v) is 8.58. The summed E-state index contributed by atoms with van der Waals surface area (Å²) < 4.78 is 23.6. The molecule has 5 aromatic rings. The zero-order valence-corrected chi connectivity index (χ0v) is 26.6. The lowest BCUT2D eigenvalue weighted by Crippen LogP contribution is -2.41. The van der Waals surface area contributed by atoms with Gasteiger partial charge in [0.25, 0.3) is 5.91 Å². The summed E-state index contributed by atoms with van der Waals surface area (Å²) in [6.45, 7) is 4.98. The first-order valence-electron chi connectivity index (χ1n) is 15.9. The summed E-state index contributed by atoms with van der Waals surface area (Å²) in [6, 6.07) is 26.7. The fourth-order valence-electron chi connectivity index (χ4n) is 6.22. The number of carbonyl (C=O) groups excluding carboxylic acids is 1. The summed E-state index contributed by atoms with van der Waals surface area (Å²) in [6.07, 6.45) is 4.24. The number of nitrogens with two attached hydrogens (primary N) is 1. The number of nitrogens with one attached hydrogen (secondary N) is 1. The van der Waals surface area contributed by atoms with E-state index in [4.69, 9.17) is 34.7 Å². The molecular formula is C37H36N6O5. The van der Waals surface area contributed by atoms with Gasteiger partial charge in [0.1, 0.15) is 11.5 Å². The van der Waals surface area contributed by atoms with Crippen molar-refractivity contribution in [2.45, 2.75) is 12.0 Å². The number of aliphatic imine (C=N–C) groups is 1. The smallest absolute Gasteiger partial charge is 0.284 e. The highest BCUT2D eigenvalue weighted by molar-refractivity contribution is 6.42. The van der Waals surface area contributed by atoms with Crippen LogP contribution in [0.5, 0.6) is 23.0 Å². The minimum Gasteiger partial charge on any atom is -0.493 e. The summed E-state index contributed by atoms with van der Waals surface area (Å²) in [5.74, 6) is 1.72. The van der Waals surface area contributed by atoms with Crippen LogP contribution in [-0.2, 0) is 15.1 Å². The van der Waals surface area contributed by atoms with E-state index in [0.717, 1.165) is 61.5 Å². The highest BCUT2D eigenvalue weighted by Crippen LogP contribution is 2.45. The summed E-state index contributed by atoms with van der Waals surface area (Å²) >= 11 is 0. The van der Waals surface area contributed by atoms with Gasteiger partial charge in [-0.05, 0) is 42.3 Å². The fourth-order valence-corrected chi connectivity index (χ4v) is 6.22. The van der Waals surface area contributed by atoms with Gasteiger partial charge in [0.15, 0.2) is 22.9 Å². The number of hydrogen-bond donors (Lipinski definition) is 2. The number of fused-ring (bicyclic) bond motifs is 2. The van der Waals surface area contributed by atoms with E-state index in [9.17, 15) is 4.79 Å². The van der Waals surface area contributed by atoms with E-state index in [2.05, 4.69) is 15.2 Å². The molecule has 0 saturated carbocycles. The number of pyridine rings is 2. The number of para-hydroxylation sites is 1. The average molecular weight is 645 g/mol. The maximum Gasteiger partial charge on any atom is 0.284 e. The van der Waals surface area contributed by atoms with Crippen LogP contribution in [0, 0.1) is 0 Å². The first-order valence-corrected chi connectivity index (χ1v) is 15.9. The molecule has 3 N–H and O–H groups in total. The van der Waals surface area contributed by atoms with Crippen molar-refractivity contribution >= 4 is 28.3 Å². The molecule has 11 nitrogen and oxygen atoms in total. The Morgan fingerprint density at radius 1 is 0.958 bits per heavy atom. The molecule has 0 spiro atoms. The second-order valence-electron chi connectivity index (χ2n) is 11.5. The SMILES string of the molecule is COc1cc2c(Oc3ccc(C4(c5ccccc5)N=C(C(N)=O)Nc5ccccc54)nc3)ccnc2cc1OCCCN1CCOCC1. The Balaban J connectivity index is 1.17. The van der Waals surface area contributed by atoms with Crippen molar-refractivity contribution in [3.63, 3.8) is 0 Å². The molecule has 4 heterocycles. The van der Waals surface area contributed by atoms with Crippen LogP contribution < -0.4 is 25.3 Å². The molecule has 1 saturated heterocycles. The van der Waals surface area contributed by atoms with Crippen molar-refractivity contribution in [1.29, 1.82) is 0 Å². The molecule has 3 aromatic carbocycles. The van der Waals surface area contributed by atoms with Gasteiger partial charge in [-0.2, -0.15) is 0 Å². The monoisotopic (exact) mass is 644 g/mol. The van der Waals surface area contributed by atoms with Crippen LogP contribution in [0.4, 0.5) is 5.69 Å². The molecule has 2 aliphatic rings. The topological polar surface area (TPSA) is 133 Å². The van der Waals surface area contributed by atoms with E-state index >= 15 is 0 Å². The lowest BCUT2D eigenvalue weighted by Gasteiger charge is -2.36. The van der Waals surface area contributed by atoms with Crippen LogP contribution in [0.15, 0.2) is 102 Å². The zero-order chi connectivity index (χ0) is 32.9. The van der Waals surface area contributed by atoms with Crippen molar-refractivity contribution in [3.05, 3.63) is 114 Å². The van der Waals surface area contributed by atoms with Gasteiger partial charge in [-0.25, -0.2) is 4.99 Å². The molecule has 1 amide bonds. The van der Waals surface area contributed by atoms with Gasteiger partial charge < -0.3 is 30.0 Å². The Morgan fingerprint density at radius 3 is 2.54 bits per heavy atom. The number of nitrogens with zero attached hydrogens (tertiary/aromatic N) is 4.